The van der Waals surface area contributed by atoms with Gasteiger partial charge in [0, 0.05) is 4.88 Å². The Morgan fingerprint density at radius 2 is 2.10 bits per heavy atom. The standard InChI is InChI=1S/C7H6BrNS/c1-4-5(2)10-7(8)6(4)3-9/h1-2H3. The van der Waals surface area contributed by atoms with E-state index >= 15 is 0 Å². The summed E-state index contributed by atoms with van der Waals surface area (Å²) in [4.78, 5) is 1.21. The number of thiophene rings is 1. The van der Waals surface area contributed by atoms with Crippen molar-refractivity contribution in [1.82, 2.24) is 0 Å². The zero-order chi connectivity index (χ0) is 7.72. The van der Waals surface area contributed by atoms with Crippen LogP contribution in [0.4, 0.5) is 0 Å². The second-order valence-corrected chi connectivity index (χ2v) is 4.59. The van der Waals surface area contributed by atoms with E-state index in [1.165, 1.54) is 4.88 Å². The van der Waals surface area contributed by atoms with Crippen LogP contribution in [0.5, 0.6) is 0 Å². The van der Waals surface area contributed by atoms with Gasteiger partial charge < -0.3 is 0 Å². The average Bonchev–Trinajstić information content (AvgIpc) is 2.09. The van der Waals surface area contributed by atoms with Gasteiger partial charge in [-0.05, 0) is 35.3 Å². The van der Waals surface area contributed by atoms with Gasteiger partial charge in [0.1, 0.15) is 6.07 Å². The Labute approximate surface area is 72.4 Å². The number of nitrogens with zero attached hydrogens (tertiary/aromatic N) is 1. The first-order valence-electron chi connectivity index (χ1n) is 2.82. The summed E-state index contributed by atoms with van der Waals surface area (Å²) in [6.45, 7) is 3.99. The molecule has 1 aromatic rings. The van der Waals surface area contributed by atoms with E-state index in [0.717, 1.165) is 14.9 Å². The average molecular weight is 216 g/mol. The lowest BCUT2D eigenvalue weighted by atomic mass is 10.2. The highest BCUT2D eigenvalue weighted by atomic mass is 79.9. The predicted molar refractivity (Wildman–Crippen MR) is 46.2 cm³/mol. The van der Waals surface area contributed by atoms with Crippen LogP contribution in [0.3, 0.4) is 0 Å². The smallest absolute Gasteiger partial charge is 0.101 e. The van der Waals surface area contributed by atoms with Gasteiger partial charge in [0.05, 0.1) is 9.35 Å². The quantitative estimate of drug-likeness (QED) is 0.653. The van der Waals surface area contributed by atoms with E-state index in [9.17, 15) is 0 Å². The molecule has 0 saturated heterocycles. The fourth-order valence-corrected chi connectivity index (χ4v) is 2.65. The van der Waals surface area contributed by atoms with Gasteiger partial charge in [-0.1, -0.05) is 0 Å². The molecule has 0 fully saturated rings. The number of rotatable bonds is 0. The normalized spacial score (nSPS) is 9.40. The minimum absolute atomic E-state index is 0.780. The third-order valence-corrected chi connectivity index (χ3v) is 3.33. The van der Waals surface area contributed by atoms with Crippen molar-refractivity contribution in [2.24, 2.45) is 0 Å². The number of aryl methyl sites for hydroxylation is 1. The largest absolute Gasteiger partial charge is 0.192 e. The number of hydrogen-bond acceptors (Lipinski definition) is 2. The summed E-state index contributed by atoms with van der Waals surface area (Å²) in [5, 5.41) is 8.64. The molecule has 1 nitrogen and oxygen atoms in total. The molecule has 1 aromatic heterocycles. The van der Waals surface area contributed by atoms with Gasteiger partial charge in [0.2, 0.25) is 0 Å². The first-order chi connectivity index (χ1) is 4.66. The molecule has 0 amide bonds. The van der Waals surface area contributed by atoms with Crippen molar-refractivity contribution >= 4 is 27.3 Å². The van der Waals surface area contributed by atoms with Crippen LogP contribution in [0.2, 0.25) is 0 Å². The van der Waals surface area contributed by atoms with Gasteiger partial charge in [0.15, 0.2) is 0 Å². The van der Waals surface area contributed by atoms with Gasteiger partial charge in [-0.15, -0.1) is 11.3 Å². The summed E-state index contributed by atoms with van der Waals surface area (Å²) in [6, 6.07) is 2.15. The molecule has 0 spiro atoms. The molecule has 0 saturated carbocycles. The van der Waals surface area contributed by atoms with E-state index in [1.54, 1.807) is 11.3 Å². The molecule has 10 heavy (non-hydrogen) atoms. The summed E-state index contributed by atoms with van der Waals surface area (Å²) >= 11 is 4.94. The zero-order valence-corrected chi connectivity index (χ0v) is 8.14. The molecule has 3 heteroatoms. The van der Waals surface area contributed by atoms with E-state index in [1.807, 2.05) is 13.8 Å². The maximum Gasteiger partial charge on any atom is 0.101 e. The molecule has 0 unspecified atom stereocenters. The zero-order valence-electron chi connectivity index (χ0n) is 5.73. The van der Waals surface area contributed by atoms with Gasteiger partial charge >= 0.3 is 0 Å². The Morgan fingerprint density at radius 3 is 2.30 bits per heavy atom. The number of halogens is 1. The summed E-state index contributed by atoms with van der Waals surface area (Å²) in [7, 11) is 0. The SMILES string of the molecule is Cc1sc(Br)c(C#N)c1C. The summed E-state index contributed by atoms with van der Waals surface area (Å²) in [6.07, 6.45) is 0. The van der Waals surface area contributed by atoms with Gasteiger partial charge in [0.25, 0.3) is 0 Å². The molecule has 0 radical (unpaired) electrons. The van der Waals surface area contributed by atoms with Crippen molar-refractivity contribution in [2.75, 3.05) is 0 Å². The minimum atomic E-state index is 0.780. The predicted octanol–water partition coefficient (Wildman–Crippen LogP) is 3.00. The van der Waals surface area contributed by atoms with E-state index in [0.29, 0.717) is 0 Å². The third kappa shape index (κ3) is 1.09. The maximum atomic E-state index is 8.64. The van der Waals surface area contributed by atoms with Crippen LogP contribution in [-0.2, 0) is 0 Å². The number of nitriles is 1. The monoisotopic (exact) mass is 215 g/mol. The molecule has 52 valence electrons. The summed E-state index contributed by atoms with van der Waals surface area (Å²) in [5.74, 6) is 0. The maximum absolute atomic E-state index is 8.64. The lowest BCUT2D eigenvalue weighted by Gasteiger charge is -1.85. The molecule has 0 aliphatic heterocycles. The van der Waals surface area contributed by atoms with Gasteiger partial charge in [-0.3, -0.25) is 0 Å². The van der Waals surface area contributed by atoms with E-state index in [4.69, 9.17) is 5.26 Å². The Bertz CT molecular complexity index is 295. The Kier molecular flexibility index (Phi) is 2.12. The third-order valence-electron chi connectivity index (χ3n) is 1.45. The van der Waals surface area contributed by atoms with Crippen LogP contribution >= 0.6 is 27.3 Å². The van der Waals surface area contributed by atoms with E-state index in [-0.39, 0.29) is 0 Å². The van der Waals surface area contributed by atoms with Crippen LogP contribution in [0, 0.1) is 25.2 Å². The van der Waals surface area contributed by atoms with Crippen molar-refractivity contribution in [1.29, 1.82) is 5.26 Å². The highest BCUT2D eigenvalue weighted by Gasteiger charge is 2.08. The van der Waals surface area contributed by atoms with Gasteiger partial charge in [-0.2, -0.15) is 5.26 Å². The molecule has 0 bridgehead atoms. The molecule has 0 aliphatic rings. The lowest BCUT2D eigenvalue weighted by molar-refractivity contribution is 1.39. The topological polar surface area (TPSA) is 23.8 Å². The Morgan fingerprint density at radius 1 is 1.50 bits per heavy atom. The molecular weight excluding hydrogens is 210 g/mol. The van der Waals surface area contributed by atoms with Gasteiger partial charge in [-0.25, -0.2) is 0 Å². The van der Waals surface area contributed by atoms with Crippen molar-refractivity contribution in [3.63, 3.8) is 0 Å². The summed E-state index contributed by atoms with van der Waals surface area (Å²) in [5.41, 5.74) is 1.88. The Hall–Kier alpha value is -0.330. The molecule has 0 N–H and O–H groups in total. The molecule has 1 rings (SSSR count). The van der Waals surface area contributed by atoms with Crippen molar-refractivity contribution in [3.8, 4) is 6.07 Å². The fraction of sp³-hybridized carbons (Fsp3) is 0.286. The summed E-state index contributed by atoms with van der Waals surface area (Å²) < 4.78 is 0.949. The number of hydrogen-bond donors (Lipinski definition) is 0. The minimum Gasteiger partial charge on any atom is -0.192 e. The van der Waals surface area contributed by atoms with Crippen LogP contribution in [-0.4, -0.2) is 0 Å². The lowest BCUT2D eigenvalue weighted by Crippen LogP contribution is -1.74. The highest BCUT2D eigenvalue weighted by molar-refractivity contribution is 9.11. The van der Waals surface area contributed by atoms with Crippen LogP contribution < -0.4 is 0 Å². The van der Waals surface area contributed by atoms with Crippen LogP contribution in [0.1, 0.15) is 16.0 Å². The first kappa shape index (κ1) is 7.77. The van der Waals surface area contributed by atoms with Crippen molar-refractivity contribution in [2.45, 2.75) is 13.8 Å². The van der Waals surface area contributed by atoms with Crippen LogP contribution in [0.15, 0.2) is 3.79 Å². The molecule has 0 aromatic carbocycles. The van der Waals surface area contributed by atoms with E-state index in [2.05, 4.69) is 22.0 Å². The highest BCUT2D eigenvalue weighted by Crippen LogP contribution is 2.30. The second kappa shape index (κ2) is 2.73. The second-order valence-electron chi connectivity index (χ2n) is 2.04. The molecular formula is C7H6BrNS. The molecule has 0 aliphatic carbocycles. The van der Waals surface area contributed by atoms with Crippen molar-refractivity contribution < 1.29 is 0 Å². The fourth-order valence-electron chi connectivity index (χ4n) is 0.713. The Balaban J connectivity index is 3.37. The van der Waals surface area contributed by atoms with Crippen molar-refractivity contribution in [3.05, 3.63) is 19.8 Å². The molecule has 1 heterocycles. The van der Waals surface area contributed by atoms with Crippen LogP contribution in [0.25, 0.3) is 0 Å². The molecule has 0 atom stereocenters. The first-order valence-corrected chi connectivity index (χ1v) is 4.43. The van der Waals surface area contributed by atoms with E-state index < -0.39 is 0 Å².